The van der Waals surface area contributed by atoms with Gasteiger partial charge < -0.3 is 20.1 Å². The third-order valence-corrected chi connectivity index (χ3v) is 3.30. The van der Waals surface area contributed by atoms with Crippen LogP contribution in [-0.4, -0.2) is 49.4 Å². The molecule has 0 amide bonds. The van der Waals surface area contributed by atoms with E-state index >= 15 is 0 Å². The Bertz CT molecular complexity index is 347. The van der Waals surface area contributed by atoms with Gasteiger partial charge in [0.15, 0.2) is 0 Å². The lowest BCUT2D eigenvalue weighted by Crippen LogP contribution is -2.34. The standard InChI is InChI=1S/C14H22N2O2/c1-18-14-6-4-12(5-7-14)15-10-13(17)11-16-8-2-3-9-16/h4-7,13,15,17H,2-3,8-11H2,1H3. The average molecular weight is 250 g/mol. The van der Waals surface area contributed by atoms with E-state index in [0.29, 0.717) is 6.54 Å². The molecule has 0 aromatic heterocycles. The van der Waals surface area contributed by atoms with Crippen molar-refractivity contribution in [3.8, 4) is 5.75 Å². The highest BCUT2D eigenvalue weighted by Gasteiger charge is 2.15. The van der Waals surface area contributed by atoms with E-state index in [1.807, 2.05) is 24.3 Å². The molecule has 4 nitrogen and oxygen atoms in total. The van der Waals surface area contributed by atoms with Crippen molar-refractivity contribution in [2.24, 2.45) is 0 Å². The summed E-state index contributed by atoms with van der Waals surface area (Å²) < 4.78 is 5.10. The smallest absolute Gasteiger partial charge is 0.119 e. The Hall–Kier alpha value is -1.26. The number of ether oxygens (including phenoxy) is 1. The van der Waals surface area contributed by atoms with E-state index < -0.39 is 0 Å². The van der Waals surface area contributed by atoms with Crippen molar-refractivity contribution in [2.45, 2.75) is 18.9 Å². The highest BCUT2D eigenvalue weighted by molar-refractivity contribution is 5.46. The number of aliphatic hydroxyl groups is 1. The number of aliphatic hydroxyl groups excluding tert-OH is 1. The number of rotatable bonds is 6. The largest absolute Gasteiger partial charge is 0.497 e. The fraction of sp³-hybridized carbons (Fsp3) is 0.571. The Balaban J connectivity index is 1.72. The van der Waals surface area contributed by atoms with Crippen LogP contribution < -0.4 is 10.1 Å². The maximum absolute atomic E-state index is 9.94. The molecule has 1 saturated heterocycles. The maximum Gasteiger partial charge on any atom is 0.119 e. The lowest BCUT2D eigenvalue weighted by Gasteiger charge is -2.20. The molecule has 100 valence electrons. The van der Waals surface area contributed by atoms with Gasteiger partial charge in [-0.2, -0.15) is 0 Å². The maximum atomic E-state index is 9.94. The Morgan fingerprint density at radius 1 is 1.28 bits per heavy atom. The first-order valence-electron chi connectivity index (χ1n) is 6.56. The molecule has 0 bridgehead atoms. The van der Waals surface area contributed by atoms with Gasteiger partial charge in [-0.1, -0.05) is 0 Å². The second-order valence-electron chi connectivity index (χ2n) is 4.77. The minimum absolute atomic E-state index is 0.315. The van der Waals surface area contributed by atoms with Gasteiger partial charge in [-0.25, -0.2) is 0 Å². The van der Waals surface area contributed by atoms with Crippen molar-refractivity contribution in [1.29, 1.82) is 0 Å². The quantitative estimate of drug-likeness (QED) is 0.804. The third-order valence-electron chi connectivity index (χ3n) is 3.30. The molecule has 18 heavy (non-hydrogen) atoms. The molecular formula is C14H22N2O2. The molecule has 2 N–H and O–H groups in total. The van der Waals surface area contributed by atoms with E-state index in [1.54, 1.807) is 7.11 Å². The zero-order chi connectivity index (χ0) is 12.8. The summed E-state index contributed by atoms with van der Waals surface area (Å²) in [5.41, 5.74) is 1.01. The van der Waals surface area contributed by atoms with Crippen LogP contribution in [0.3, 0.4) is 0 Å². The number of nitrogens with one attached hydrogen (secondary N) is 1. The molecule has 0 radical (unpaired) electrons. The van der Waals surface area contributed by atoms with Gasteiger partial charge in [0, 0.05) is 18.8 Å². The summed E-state index contributed by atoms with van der Waals surface area (Å²) in [5, 5.41) is 13.2. The molecule has 1 aromatic rings. The molecule has 2 rings (SSSR count). The highest BCUT2D eigenvalue weighted by Crippen LogP contribution is 2.15. The SMILES string of the molecule is COc1ccc(NCC(O)CN2CCCC2)cc1. The minimum Gasteiger partial charge on any atom is -0.497 e. The van der Waals surface area contributed by atoms with Crippen molar-refractivity contribution in [3.63, 3.8) is 0 Å². The van der Waals surface area contributed by atoms with Crippen LogP contribution in [0.25, 0.3) is 0 Å². The molecule has 1 aliphatic rings. The molecular weight excluding hydrogens is 228 g/mol. The van der Waals surface area contributed by atoms with Gasteiger partial charge in [-0.15, -0.1) is 0 Å². The Morgan fingerprint density at radius 3 is 2.56 bits per heavy atom. The van der Waals surface area contributed by atoms with Crippen LogP contribution in [0.15, 0.2) is 24.3 Å². The zero-order valence-corrected chi connectivity index (χ0v) is 10.9. The van der Waals surface area contributed by atoms with Crippen molar-refractivity contribution in [3.05, 3.63) is 24.3 Å². The van der Waals surface area contributed by atoms with Crippen LogP contribution in [0.5, 0.6) is 5.75 Å². The summed E-state index contributed by atoms with van der Waals surface area (Å²) in [6.45, 7) is 3.60. The lowest BCUT2D eigenvalue weighted by molar-refractivity contribution is 0.135. The van der Waals surface area contributed by atoms with Gasteiger partial charge in [0.2, 0.25) is 0 Å². The molecule has 4 heteroatoms. The van der Waals surface area contributed by atoms with Crippen LogP contribution in [0, 0.1) is 0 Å². The molecule has 1 atom stereocenters. The molecule has 0 saturated carbocycles. The van der Waals surface area contributed by atoms with Gasteiger partial charge in [0.05, 0.1) is 13.2 Å². The van der Waals surface area contributed by atoms with E-state index in [4.69, 9.17) is 4.74 Å². The first-order chi connectivity index (χ1) is 8.78. The average Bonchev–Trinajstić information content (AvgIpc) is 2.90. The number of methoxy groups -OCH3 is 1. The number of hydrogen-bond donors (Lipinski definition) is 2. The van der Waals surface area contributed by atoms with Crippen LogP contribution in [0.1, 0.15) is 12.8 Å². The predicted octanol–water partition coefficient (Wildman–Crippen LogP) is 1.56. The third kappa shape index (κ3) is 3.89. The summed E-state index contributed by atoms with van der Waals surface area (Å²) in [6.07, 6.45) is 2.21. The van der Waals surface area contributed by atoms with Gasteiger partial charge in [-0.05, 0) is 50.2 Å². The lowest BCUT2D eigenvalue weighted by atomic mass is 10.2. The van der Waals surface area contributed by atoms with Crippen molar-refractivity contribution in [1.82, 2.24) is 4.90 Å². The van der Waals surface area contributed by atoms with Gasteiger partial charge in [-0.3, -0.25) is 0 Å². The number of benzene rings is 1. The van der Waals surface area contributed by atoms with Gasteiger partial charge in [0.1, 0.15) is 5.75 Å². The second kappa shape index (κ2) is 6.61. The Labute approximate surface area is 109 Å². The molecule has 1 unspecified atom stereocenters. The first kappa shape index (κ1) is 13.2. The van der Waals surface area contributed by atoms with Crippen LogP contribution in [0.4, 0.5) is 5.69 Å². The van der Waals surface area contributed by atoms with Gasteiger partial charge >= 0.3 is 0 Å². The monoisotopic (exact) mass is 250 g/mol. The Morgan fingerprint density at radius 2 is 1.94 bits per heavy atom. The summed E-state index contributed by atoms with van der Waals surface area (Å²) >= 11 is 0. The normalized spacial score (nSPS) is 17.7. The summed E-state index contributed by atoms with van der Waals surface area (Å²) in [4.78, 5) is 2.32. The van der Waals surface area contributed by atoms with E-state index in [-0.39, 0.29) is 6.10 Å². The predicted molar refractivity (Wildman–Crippen MR) is 73.2 cm³/mol. The molecule has 0 aliphatic carbocycles. The first-order valence-corrected chi connectivity index (χ1v) is 6.56. The fourth-order valence-electron chi connectivity index (χ4n) is 2.27. The van der Waals surface area contributed by atoms with E-state index in [1.165, 1.54) is 12.8 Å². The fourth-order valence-corrected chi connectivity index (χ4v) is 2.27. The number of β-amino-alcohol motifs (C(OH)–C–C–N with tert-alkyl or cyclic N) is 1. The molecule has 1 aliphatic heterocycles. The Kier molecular flexibility index (Phi) is 4.84. The molecule has 1 aromatic carbocycles. The van der Waals surface area contributed by atoms with Gasteiger partial charge in [0.25, 0.3) is 0 Å². The number of likely N-dealkylation sites (tertiary alicyclic amines) is 1. The number of hydrogen-bond acceptors (Lipinski definition) is 4. The zero-order valence-electron chi connectivity index (χ0n) is 10.9. The van der Waals surface area contributed by atoms with Crippen LogP contribution in [-0.2, 0) is 0 Å². The summed E-state index contributed by atoms with van der Waals surface area (Å²) in [7, 11) is 1.65. The van der Waals surface area contributed by atoms with Crippen molar-refractivity contribution in [2.75, 3.05) is 38.6 Å². The van der Waals surface area contributed by atoms with Crippen LogP contribution in [0.2, 0.25) is 0 Å². The number of nitrogens with zero attached hydrogens (tertiary/aromatic N) is 1. The minimum atomic E-state index is -0.315. The van der Waals surface area contributed by atoms with E-state index in [0.717, 1.165) is 31.1 Å². The molecule has 1 heterocycles. The van der Waals surface area contributed by atoms with Crippen LogP contribution >= 0.6 is 0 Å². The van der Waals surface area contributed by atoms with Crippen molar-refractivity contribution < 1.29 is 9.84 Å². The number of anilines is 1. The topological polar surface area (TPSA) is 44.7 Å². The van der Waals surface area contributed by atoms with E-state index in [9.17, 15) is 5.11 Å². The second-order valence-corrected chi connectivity index (χ2v) is 4.77. The summed E-state index contributed by atoms with van der Waals surface area (Å²) in [6, 6.07) is 7.74. The summed E-state index contributed by atoms with van der Waals surface area (Å²) in [5.74, 6) is 0.846. The molecule has 0 spiro atoms. The molecule has 1 fully saturated rings. The van der Waals surface area contributed by atoms with E-state index in [2.05, 4.69) is 10.2 Å². The highest BCUT2D eigenvalue weighted by atomic mass is 16.5. The van der Waals surface area contributed by atoms with Crippen molar-refractivity contribution >= 4 is 5.69 Å².